The molecule has 0 radical (unpaired) electrons. The van der Waals surface area contributed by atoms with E-state index >= 15 is 0 Å². The lowest BCUT2D eigenvalue weighted by atomic mass is 9.95. The number of nitrogens with zero attached hydrogens (tertiary/aromatic N) is 2. The molecule has 0 spiro atoms. The van der Waals surface area contributed by atoms with Crippen LogP contribution < -0.4 is 19.1 Å². The highest BCUT2D eigenvalue weighted by Gasteiger charge is 2.48. The van der Waals surface area contributed by atoms with Crippen LogP contribution in [0.4, 0.5) is 5.13 Å². The van der Waals surface area contributed by atoms with E-state index in [1.54, 1.807) is 30.3 Å². The van der Waals surface area contributed by atoms with Crippen LogP contribution in [0.15, 0.2) is 60.2 Å². The molecule has 3 aromatic carbocycles. The first kappa shape index (κ1) is 25.9. The van der Waals surface area contributed by atoms with Gasteiger partial charge in [0.05, 0.1) is 28.4 Å². The standard InChI is InChI=1S/C31H28N2O6S/c1-4-11-37-21-8-5-19(6-9-21)27-25(28(34)20-7-10-22-23(16-20)39-13-12-38-22)29(35)30(36)33(27)31-32-26-18(3)14-17(2)15-24(26)40-31/h5-10,14-16,27,34H,4,11-13H2,1-3H3/t27-/m1/s1. The summed E-state index contributed by atoms with van der Waals surface area (Å²) in [6, 6.07) is 15.4. The third-order valence-electron chi connectivity index (χ3n) is 6.95. The highest BCUT2D eigenvalue weighted by molar-refractivity contribution is 7.22. The summed E-state index contributed by atoms with van der Waals surface area (Å²) in [5.41, 5.74) is 3.83. The monoisotopic (exact) mass is 556 g/mol. The summed E-state index contributed by atoms with van der Waals surface area (Å²) in [5.74, 6) is -0.111. The number of aliphatic hydroxyl groups excluding tert-OH is 1. The van der Waals surface area contributed by atoms with Gasteiger partial charge >= 0.3 is 5.91 Å². The molecule has 1 amide bonds. The van der Waals surface area contributed by atoms with Gasteiger partial charge in [-0.05, 0) is 73.4 Å². The molecule has 2 aliphatic rings. The molecule has 40 heavy (non-hydrogen) atoms. The van der Waals surface area contributed by atoms with E-state index in [4.69, 9.17) is 19.2 Å². The first-order valence-electron chi connectivity index (χ1n) is 13.2. The molecule has 6 rings (SSSR count). The zero-order valence-electron chi connectivity index (χ0n) is 22.4. The van der Waals surface area contributed by atoms with Crippen molar-refractivity contribution < 1.29 is 28.9 Å². The first-order valence-corrected chi connectivity index (χ1v) is 14.0. The Morgan fingerprint density at radius 2 is 1.80 bits per heavy atom. The lowest BCUT2D eigenvalue weighted by Crippen LogP contribution is -2.29. The van der Waals surface area contributed by atoms with Crippen molar-refractivity contribution in [1.29, 1.82) is 0 Å². The van der Waals surface area contributed by atoms with Gasteiger partial charge in [-0.1, -0.05) is 36.5 Å². The largest absolute Gasteiger partial charge is 0.507 e. The molecule has 0 bridgehead atoms. The Bertz CT molecular complexity index is 1670. The van der Waals surface area contributed by atoms with Crippen LogP contribution in [-0.2, 0) is 9.59 Å². The van der Waals surface area contributed by atoms with Crippen LogP contribution in [-0.4, -0.2) is 41.6 Å². The van der Waals surface area contributed by atoms with Crippen molar-refractivity contribution in [2.45, 2.75) is 33.2 Å². The molecule has 8 nitrogen and oxygen atoms in total. The number of aromatic nitrogens is 1. The van der Waals surface area contributed by atoms with Crippen molar-refractivity contribution in [1.82, 2.24) is 4.98 Å². The topological polar surface area (TPSA) is 98.2 Å². The summed E-state index contributed by atoms with van der Waals surface area (Å²) < 4.78 is 17.9. The van der Waals surface area contributed by atoms with E-state index in [0.717, 1.165) is 27.8 Å². The van der Waals surface area contributed by atoms with Gasteiger partial charge in [-0.2, -0.15) is 0 Å². The number of aliphatic hydroxyl groups is 1. The van der Waals surface area contributed by atoms with Crippen LogP contribution in [0.2, 0.25) is 0 Å². The molecule has 1 aromatic heterocycles. The highest BCUT2D eigenvalue weighted by Crippen LogP contribution is 2.45. The molecular formula is C31H28N2O6S. The predicted octanol–water partition coefficient (Wildman–Crippen LogP) is 6.10. The molecule has 1 atom stereocenters. The maximum atomic E-state index is 13.6. The van der Waals surface area contributed by atoms with Crippen LogP contribution in [0, 0.1) is 13.8 Å². The average molecular weight is 557 g/mol. The second-order valence-corrected chi connectivity index (χ2v) is 10.9. The molecule has 0 unspecified atom stereocenters. The number of carbonyl (C=O) groups is 2. The summed E-state index contributed by atoms with van der Waals surface area (Å²) in [6.45, 7) is 7.40. The lowest BCUT2D eigenvalue weighted by Gasteiger charge is -2.23. The molecule has 204 valence electrons. The fraction of sp³-hybridized carbons (Fsp3) is 0.258. The van der Waals surface area contributed by atoms with Crippen LogP contribution >= 0.6 is 11.3 Å². The number of hydrogen-bond donors (Lipinski definition) is 1. The molecule has 1 saturated heterocycles. The Balaban J connectivity index is 1.51. The zero-order valence-corrected chi connectivity index (χ0v) is 23.2. The van der Waals surface area contributed by atoms with Gasteiger partial charge in [-0.15, -0.1) is 0 Å². The summed E-state index contributed by atoms with van der Waals surface area (Å²) in [5, 5.41) is 11.9. The number of fused-ring (bicyclic) bond motifs is 2. The van der Waals surface area contributed by atoms with E-state index in [1.165, 1.54) is 16.2 Å². The number of ether oxygens (including phenoxy) is 3. The average Bonchev–Trinajstić information content (AvgIpc) is 3.49. The fourth-order valence-corrected chi connectivity index (χ4v) is 6.29. The lowest BCUT2D eigenvalue weighted by molar-refractivity contribution is -0.132. The number of thiazole rings is 1. The second kappa shape index (κ2) is 10.3. The number of ketones is 1. The van der Waals surface area contributed by atoms with Gasteiger partial charge in [0.2, 0.25) is 0 Å². The zero-order chi connectivity index (χ0) is 28.0. The number of anilines is 1. The van der Waals surface area contributed by atoms with Gasteiger partial charge in [0.1, 0.15) is 24.7 Å². The van der Waals surface area contributed by atoms with Crippen molar-refractivity contribution in [3.05, 3.63) is 82.4 Å². The molecule has 1 fully saturated rings. The summed E-state index contributed by atoms with van der Waals surface area (Å²) in [7, 11) is 0. The minimum Gasteiger partial charge on any atom is -0.507 e. The van der Waals surface area contributed by atoms with Gasteiger partial charge in [-0.3, -0.25) is 14.5 Å². The smallest absolute Gasteiger partial charge is 0.301 e. The molecule has 9 heteroatoms. The Morgan fingerprint density at radius 3 is 2.55 bits per heavy atom. The Kier molecular flexibility index (Phi) is 6.67. The third kappa shape index (κ3) is 4.46. The predicted molar refractivity (Wildman–Crippen MR) is 154 cm³/mol. The summed E-state index contributed by atoms with van der Waals surface area (Å²) in [4.78, 5) is 33.4. The molecular weight excluding hydrogens is 528 g/mol. The number of carbonyl (C=O) groups excluding carboxylic acids is 2. The minimum absolute atomic E-state index is 0.0175. The summed E-state index contributed by atoms with van der Waals surface area (Å²) >= 11 is 1.35. The number of Topliss-reactive ketones (excluding diaryl/α,β-unsaturated/α-hetero) is 1. The van der Waals surface area contributed by atoms with Gasteiger partial charge < -0.3 is 19.3 Å². The Hall–Kier alpha value is -4.37. The number of benzene rings is 3. The van der Waals surface area contributed by atoms with Crippen LogP contribution in [0.5, 0.6) is 17.2 Å². The maximum Gasteiger partial charge on any atom is 0.301 e. The van der Waals surface area contributed by atoms with E-state index in [-0.39, 0.29) is 11.3 Å². The van der Waals surface area contributed by atoms with E-state index in [9.17, 15) is 14.7 Å². The van der Waals surface area contributed by atoms with Crippen molar-refractivity contribution in [2.75, 3.05) is 24.7 Å². The third-order valence-corrected chi connectivity index (χ3v) is 7.96. The minimum atomic E-state index is -0.893. The molecule has 0 aliphatic carbocycles. The quantitative estimate of drug-likeness (QED) is 0.174. The molecule has 4 aromatic rings. The maximum absolute atomic E-state index is 13.6. The van der Waals surface area contributed by atoms with Crippen LogP contribution in [0.3, 0.4) is 0 Å². The number of hydrogen-bond acceptors (Lipinski definition) is 8. The van der Waals surface area contributed by atoms with Crippen molar-refractivity contribution in [2.24, 2.45) is 0 Å². The molecule has 2 aliphatic heterocycles. The number of aryl methyl sites for hydroxylation is 2. The Morgan fingerprint density at radius 1 is 1.05 bits per heavy atom. The van der Waals surface area contributed by atoms with Gasteiger partial charge in [0.15, 0.2) is 16.6 Å². The van der Waals surface area contributed by atoms with E-state index in [1.807, 2.05) is 45.0 Å². The number of amides is 1. The van der Waals surface area contributed by atoms with E-state index in [2.05, 4.69) is 0 Å². The second-order valence-electron chi connectivity index (χ2n) is 9.87. The van der Waals surface area contributed by atoms with Gasteiger partial charge in [0, 0.05) is 5.56 Å². The summed E-state index contributed by atoms with van der Waals surface area (Å²) in [6.07, 6.45) is 0.869. The van der Waals surface area contributed by atoms with Crippen molar-refractivity contribution in [3.63, 3.8) is 0 Å². The van der Waals surface area contributed by atoms with Crippen LogP contribution in [0.25, 0.3) is 16.0 Å². The highest BCUT2D eigenvalue weighted by atomic mass is 32.1. The SMILES string of the molecule is CCCOc1ccc([C@@H]2C(=C(O)c3ccc4c(c3)OCCO4)C(=O)C(=O)N2c2nc3c(C)cc(C)cc3s2)cc1. The Labute approximate surface area is 235 Å². The van der Waals surface area contributed by atoms with Gasteiger partial charge in [0.25, 0.3) is 5.78 Å². The van der Waals surface area contributed by atoms with Crippen LogP contribution in [0.1, 0.15) is 41.6 Å². The normalized spacial score (nSPS) is 18.0. The van der Waals surface area contributed by atoms with Gasteiger partial charge in [-0.25, -0.2) is 4.98 Å². The van der Waals surface area contributed by atoms with Crippen molar-refractivity contribution in [3.8, 4) is 17.2 Å². The first-order chi connectivity index (χ1) is 19.4. The van der Waals surface area contributed by atoms with E-state index in [0.29, 0.717) is 53.3 Å². The molecule has 1 N–H and O–H groups in total. The molecule has 3 heterocycles. The van der Waals surface area contributed by atoms with Crippen molar-refractivity contribution >= 4 is 44.1 Å². The number of rotatable bonds is 6. The molecule has 0 saturated carbocycles. The van der Waals surface area contributed by atoms with E-state index < -0.39 is 17.7 Å². The fourth-order valence-electron chi connectivity index (χ4n) is 5.12.